The zero-order valence-corrected chi connectivity index (χ0v) is 14.5. The molecule has 0 fully saturated rings. The summed E-state index contributed by atoms with van der Waals surface area (Å²) in [5.74, 6) is -1.72. The van der Waals surface area contributed by atoms with Crippen molar-refractivity contribution in [2.45, 2.75) is 25.8 Å². The molecular formula is C13H26N6O4S. The number of hydrogen-bond acceptors (Lipinski definition) is 8. The van der Waals surface area contributed by atoms with Gasteiger partial charge in [-0.25, -0.2) is 0 Å². The van der Waals surface area contributed by atoms with E-state index in [0.29, 0.717) is 31.3 Å². The van der Waals surface area contributed by atoms with E-state index in [1.807, 2.05) is 0 Å². The lowest BCUT2D eigenvalue weighted by molar-refractivity contribution is -0.131. The van der Waals surface area contributed by atoms with Crippen LogP contribution in [-0.4, -0.2) is 55.1 Å². The van der Waals surface area contributed by atoms with Crippen molar-refractivity contribution >= 4 is 34.8 Å². The highest BCUT2D eigenvalue weighted by atomic mass is 32.2. The number of nitrogens with one attached hydrogen (secondary N) is 3. The van der Waals surface area contributed by atoms with Crippen molar-refractivity contribution in [3.8, 4) is 0 Å². The fraction of sp³-hybridized carbons (Fsp3) is 0.692. The monoisotopic (exact) mass is 362 g/mol. The first-order valence-corrected chi connectivity index (χ1v) is 8.37. The fourth-order valence-corrected chi connectivity index (χ4v) is 2.01. The van der Waals surface area contributed by atoms with Gasteiger partial charge in [-0.1, -0.05) is 6.92 Å². The average molecular weight is 362 g/mol. The minimum atomic E-state index is -0.852. The van der Waals surface area contributed by atoms with Gasteiger partial charge in [-0.05, 0) is 37.3 Å². The average Bonchev–Trinajstić information content (AvgIpc) is 2.59. The minimum Gasteiger partial charge on any atom is -0.346 e. The second-order valence-corrected chi connectivity index (χ2v) is 5.83. The van der Waals surface area contributed by atoms with Crippen molar-refractivity contribution in [1.29, 1.82) is 0 Å². The van der Waals surface area contributed by atoms with E-state index in [1.165, 1.54) is 0 Å². The Balaban J connectivity index is 4.72. The van der Waals surface area contributed by atoms with Gasteiger partial charge in [0.25, 0.3) is 0 Å². The van der Waals surface area contributed by atoms with Crippen LogP contribution in [-0.2, 0) is 19.2 Å². The third-order valence-electron chi connectivity index (χ3n) is 3.20. The minimum absolute atomic E-state index is 0.205. The number of amides is 3. The van der Waals surface area contributed by atoms with Crippen LogP contribution in [0.4, 0.5) is 0 Å². The van der Waals surface area contributed by atoms with Gasteiger partial charge in [0, 0.05) is 0 Å². The number of hydrogen-bond donors (Lipinski definition) is 6. The molecule has 0 bridgehead atoms. The first-order chi connectivity index (χ1) is 11.3. The molecule has 10 nitrogen and oxygen atoms in total. The van der Waals surface area contributed by atoms with Gasteiger partial charge >= 0.3 is 0 Å². The zero-order chi connectivity index (χ0) is 18.5. The quantitative estimate of drug-likeness (QED) is 0.212. The third-order valence-corrected chi connectivity index (χ3v) is 3.61. The molecule has 138 valence electrons. The van der Waals surface area contributed by atoms with Crippen LogP contribution in [0.2, 0.25) is 0 Å². The van der Waals surface area contributed by atoms with E-state index < -0.39 is 28.9 Å². The molecule has 0 rings (SSSR count). The standard InChI is InChI=1S/C13H26N6O4S/c1-8(3-2-4-14)12(13(23)18-7-11(22)24-16)19-10(21)6-17-9(20)5-15/h8,12H,2-7,14-16H2,1H3,(H,17,20)(H,18,23)(H,19,21)/t8?,12-/m0/s1. The molecule has 3 amide bonds. The van der Waals surface area contributed by atoms with Gasteiger partial charge in [0.15, 0.2) is 0 Å². The predicted octanol–water partition coefficient (Wildman–Crippen LogP) is -2.83. The normalized spacial score (nSPS) is 12.8. The van der Waals surface area contributed by atoms with E-state index in [4.69, 9.17) is 16.6 Å². The molecule has 0 aliphatic rings. The van der Waals surface area contributed by atoms with Crippen molar-refractivity contribution in [2.24, 2.45) is 22.5 Å². The topological polar surface area (TPSA) is 182 Å². The van der Waals surface area contributed by atoms with Crippen molar-refractivity contribution < 1.29 is 19.2 Å². The van der Waals surface area contributed by atoms with Gasteiger partial charge in [-0.2, -0.15) is 0 Å². The Kier molecular flexibility index (Phi) is 11.8. The van der Waals surface area contributed by atoms with Crippen LogP contribution in [0.5, 0.6) is 0 Å². The number of rotatable bonds is 11. The molecule has 1 unspecified atom stereocenters. The molecule has 0 aliphatic heterocycles. The Morgan fingerprint density at radius 1 is 1.04 bits per heavy atom. The molecule has 0 aromatic rings. The summed E-state index contributed by atoms with van der Waals surface area (Å²) in [4.78, 5) is 46.4. The molecule has 0 radical (unpaired) electrons. The Hall–Kier alpha value is -1.69. The van der Waals surface area contributed by atoms with Crippen LogP contribution in [0.15, 0.2) is 0 Å². The lowest BCUT2D eigenvalue weighted by Crippen LogP contribution is -2.53. The first kappa shape index (κ1) is 22.3. The highest BCUT2D eigenvalue weighted by Gasteiger charge is 2.26. The van der Waals surface area contributed by atoms with Gasteiger partial charge in [0.1, 0.15) is 6.04 Å². The summed E-state index contributed by atoms with van der Waals surface area (Å²) in [6, 6.07) is -0.852. The van der Waals surface area contributed by atoms with Crippen LogP contribution in [0, 0.1) is 5.92 Å². The number of carbonyl (C=O) groups excluding carboxylic acids is 4. The fourth-order valence-electron chi connectivity index (χ4n) is 1.86. The second-order valence-electron chi connectivity index (χ2n) is 5.14. The van der Waals surface area contributed by atoms with Crippen LogP contribution in [0.1, 0.15) is 19.8 Å². The van der Waals surface area contributed by atoms with Gasteiger partial charge < -0.3 is 27.4 Å². The van der Waals surface area contributed by atoms with Crippen LogP contribution in [0.3, 0.4) is 0 Å². The van der Waals surface area contributed by atoms with Crippen molar-refractivity contribution in [2.75, 3.05) is 26.2 Å². The summed E-state index contributed by atoms with van der Waals surface area (Å²) < 4.78 is 0. The first-order valence-electron chi connectivity index (χ1n) is 7.49. The molecule has 0 saturated carbocycles. The van der Waals surface area contributed by atoms with Crippen LogP contribution in [0.25, 0.3) is 0 Å². The molecule has 11 heteroatoms. The maximum Gasteiger partial charge on any atom is 0.243 e. The lowest BCUT2D eigenvalue weighted by Gasteiger charge is -2.24. The summed E-state index contributed by atoms with van der Waals surface area (Å²) in [7, 11) is 0. The molecule has 0 aliphatic carbocycles. The van der Waals surface area contributed by atoms with E-state index in [2.05, 4.69) is 16.0 Å². The smallest absolute Gasteiger partial charge is 0.243 e. The molecule has 24 heavy (non-hydrogen) atoms. The van der Waals surface area contributed by atoms with Gasteiger partial charge in [-0.3, -0.25) is 24.3 Å². The summed E-state index contributed by atoms with van der Waals surface area (Å²) in [6.45, 7) is 1.49. The van der Waals surface area contributed by atoms with Crippen molar-refractivity contribution in [1.82, 2.24) is 16.0 Å². The SMILES string of the molecule is CC(CCCN)[C@H](NC(=O)CNC(=O)CN)C(=O)NCC(=O)SN. The lowest BCUT2D eigenvalue weighted by atomic mass is 9.95. The van der Waals surface area contributed by atoms with Gasteiger partial charge in [0.05, 0.1) is 19.6 Å². The van der Waals surface area contributed by atoms with Crippen LogP contribution < -0.4 is 32.6 Å². The predicted molar refractivity (Wildman–Crippen MR) is 91.2 cm³/mol. The van der Waals surface area contributed by atoms with E-state index in [1.54, 1.807) is 6.92 Å². The molecular weight excluding hydrogens is 336 g/mol. The summed E-state index contributed by atoms with van der Waals surface area (Å²) in [6.07, 6.45) is 1.30. The molecule has 2 atom stereocenters. The van der Waals surface area contributed by atoms with Gasteiger partial charge in [0.2, 0.25) is 22.8 Å². The summed E-state index contributed by atoms with van der Waals surface area (Å²) in [5.41, 5.74) is 10.6. The maximum atomic E-state index is 12.2. The van der Waals surface area contributed by atoms with Gasteiger partial charge in [-0.15, -0.1) is 0 Å². The van der Waals surface area contributed by atoms with E-state index in [-0.39, 0.29) is 25.6 Å². The largest absolute Gasteiger partial charge is 0.346 e. The van der Waals surface area contributed by atoms with Crippen molar-refractivity contribution in [3.05, 3.63) is 0 Å². The molecule has 0 aromatic carbocycles. The highest BCUT2D eigenvalue weighted by Crippen LogP contribution is 2.11. The molecule has 0 heterocycles. The Bertz CT molecular complexity index is 448. The Labute approximate surface area is 145 Å². The third kappa shape index (κ3) is 9.45. The molecule has 9 N–H and O–H groups in total. The van der Waals surface area contributed by atoms with E-state index in [9.17, 15) is 19.2 Å². The number of carbonyl (C=O) groups is 4. The van der Waals surface area contributed by atoms with E-state index in [0.717, 1.165) is 0 Å². The van der Waals surface area contributed by atoms with E-state index >= 15 is 0 Å². The molecule has 0 aromatic heterocycles. The molecule has 0 saturated heterocycles. The Morgan fingerprint density at radius 3 is 2.25 bits per heavy atom. The maximum absolute atomic E-state index is 12.2. The van der Waals surface area contributed by atoms with Crippen molar-refractivity contribution in [3.63, 3.8) is 0 Å². The molecule has 0 spiro atoms. The summed E-state index contributed by atoms with van der Waals surface area (Å²) in [5, 5.41) is 12.0. The second kappa shape index (κ2) is 12.7. The zero-order valence-electron chi connectivity index (χ0n) is 13.7. The Morgan fingerprint density at radius 2 is 1.71 bits per heavy atom. The summed E-state index contributed by atoms with van der Waals surface area (Å²) >= 11 is 0.512. The highest BCUT2D eigenvalue weighted by molar-refractivity contribution is 8.11. The number of nitrogens with two attached hydrogens (primary N) is 3. The van der Waals surface area contributed by atoms with Crippen LogP contribution >= 0.6 is 11.9 Å².